The first-order valence-corrected chi connectivity index (χ1v) is 16.0. The van der Waals surface area contributed by atoms with E-state index in [-0.39, 0.29) is 5.91 Å². The first-order chi connectivity index (χ1) is 23.7. The number of fused-ring (bicyclic) bond motifs is 1. The molecule has 1 aliphatic heterocycles. The molecule has 1 aliphatic rings. The largest absolute Gasteiger partial charge is 0.374 e. The summed E-state index contributed by atoms with van der Waals surface area (Å²) in [6, 6.07) is 41.1. The molecule has 2 aromatic heterocycles. The number of hydrogen-bond acceptors (Lipinski definition) is 7. The number of nitrogens with zero attached hydrogens (tertiary/aromatic N) is 3. The third-order valence-corrected chi connectivity index (χ3v) is 8.28. The Bertz CT molecular complexity index is 1900. The van der Waals surface area contributed by atoms with E-state index in [1.807, 2.05) is 121 Å². The Balaban J connectivity index is 1.18. The molecule has 242 valence electrons. The van der Waals surface area contributed by atoms with Crippen LogP contribution in [-0.2, 0) is 38.8 Å². The normalized spacial score (nSPS) is 19.0. The maximum absolute atomic E-state index is 13.0. The molecule has 48 heavy (non-hydrogen) atoms. The minimum absolute atomic E-state index is 0.267. The maximum Gasteiger partial charge on any atom is 0.257 e. The van der Waals surface area contributed by atoms with E-state index < -0.39 is 24.4 Å². The number of anilines is 1. The lowest BCUT2D eigenvalue weighted by molar-refractivity contribution is -0.0898. The van der Waals surface area contributed by atoms with E-state index in [1.165, 1.54) is 6.33 Å². The summed E-state index contributed by atoms with van der Waals surface area (Å²) in [6.07, 6.45) is 1.47. The molecule has 1 amide bonds. The lowest BCUT2D eigenvalue weighted by atomic mass is 10.0. The van der Waals surface area contributed by atoms with Gasteiger partial charge in [-0.25, -0.2) is 9.97 Å². The van der Waals surface area contributed by atoms with E-state index in [1.54, 1.807) is 16.5 Å². The van der Waals surface area contributed by atoms with Gasteiger partial charge in [0.1, 0.15) is 36.4 Å². The molecule has 9 heteroatoms. The van der Waals surface area contributed by atoms with Gasteiger partial charge in [0.25, 0.3) is 5.91 Å². The summed E-state index contributed by atoms with van der Waals surface area (Å²) < 4.78 is 28.1. The standard InChI is InChI=1S/C39H36N4O5/c44-38(31-19-11-4-12-20-31)42-39-41-27-40-34-21-32(22-43(34)39)35-37(47-25-30-17-9-3-10-18-30)36(46-24-29-15-7-2-8-16-29)33(48-35)26-45-23-28-13-5-1-6-14-28/h1-22,27,33,35-37H,23-26H2,(H,40,41,42,44)/t33-,35+,36-,37+/m1/s1. The summed E-state index contributed by atoms with van der Waals surface area (Å²) in [4.78, 5) is 21.9. The number of carbonyl (C=O) groups is 1. The summed E-state index contributed by atoms with van der Waals surface area (Å²) in [5.41, 5.74) is 5.13. The van der Waals surface area contributed by atoms with Crippen LogP contribution >= 0.6 is 0 Å². The topological polar surface area (TPSA) is 96.2 Å². The molecule has 6 aromatic rings. The van der Waals surface area contributed by atoms with Crippen molar-refractivity contribution in [1.29, 1.82) is 0 Å². The zero-order valence-electron chi connectivity index (χ0n) is 26.3. The molecule has 4 atom stereocenters. The van der Waals surface area contributed by atoms with Crippen molar-refractivity contribution in [3.05, 3.63) is 168 Å². The lowest BCUT2D eigenvalue weighted by Crippen LogP contribution is -2.37. The number of rotatable bonds is 13. The van der Waals surface area contributed by atoms with Crippen LogP contribution in [0.3, 0.4) is 0 Å². The molecule has 7 rings (SSSR count). The Labute approximate surface area is 279 Å². The van der Waals surface area contributed by atoms with Crippen LogP contribution in [0.5, 0.6) is 0 Å². The number of hydrogen-bond donors (Lipinski definition) is 1. The van der Waals surface area contributed by atoms with Crippen molar-refractivity contribution in [3.8, 4) is 0 Å². The van der Waals surface area contributed by atoms with Gasteiger partial charge in [0.05, 0.1) is 26.4 Å². The maximum atomic E-state index is 13.0. The predicted octanol–water partition coefficient (Wildman–Crippen LogP) is 6.81. The number of amides is 1. The van der Waals surface area contributed by atoms with Crippen LogP contribution in [0.25, 0.3) is 5.65 Å². The Morgan fingerprint density at radius 3 is 1.90 bits per heavy atom. The van der Waals surface area contributed by atoms with Gasteiger partial charge in [-0.2, -0.15) is 0 Å². The van der Waals surface area contributed by atoms with Crippen molar-refractivity contribution in [2.45, 2.75) is 44.2 Å². The average Bonchev–Trinajstić information content (AvgIpc) is 3.73. The number of nitrogens with one attached hydrogen (secondary N) is 1. The molecule has 1 N–H and O–H groups in total. The molecule has 0 spiro atoms. The van der Waals surface area contributed by atoms with E-state index >= 15 is 0 Å². The molecular formula is C39H36N4O5. The van der Waals surface area contributed by atoms with Crippen LogP contribution in [0, 0.1) is 0 Å². The molecule has 0 radical (unpaired) electrons. The number of aromatic nitrogens is 3. The molecule has 1 saturated heterocycles. The van der Waals surface area contributed by atoms with Gasteiger partial charge in [-0.3, -0.25) is 14.5 Å². The minimum atomic E-state index is -0.515. The van der Waals surface area contributed by atoms with E-state index in [0.717, 1.165) is 22.3 Å². The van der Waals surface area contributed by atoms with Crippen LogP contribution in [0.2, 0.25) is 0 Å². The van der Waals surface area contributed by atoms with Crippen molar-refractivity contribution in [3.63, 3.8) is 0 Å². The highest BCUT2D eigenvalue weighted by atomic mass is 16.6. The van der Waals surface area contributed by atoms with Crippen LogP contribution in [-0.4, -0.2) is 45.2 Å². The smallest absolute Gasteiger partial charge is 0.257 e. The molecule has 1 fully saturated rings. The highest BCUT2D eigenvalue weighted by Crippen LogP contribution is 2.39. The van der Waals surface area contributed by atoms with Gasteiger partial charge in [-0.1, -0.05) is 109 Å². The molecule has 0 unspecified atom stereocenters. The Kier molecular flexibility index (Phi) is 9.91. The highest BCUT2D eigenvalue weighted by molar-refractivity contribution is 6.03. The second-order valence-corrected chi connectivity index (χ2v) is 11.6. The van der Waals surface area contributed by atoms with Crippen molar-refractivity contribution < 1.29 is 23.7 Å². The summed E-state index contributed by atoms with van der Waals surface area (Å²) in [5, 5.41) is 2.92. The molecule has 4 aromatic carbocycles. The third kappa shape index (κ3) is 7.51. The Hall–Kier alpha value is -5.19. The highest BCUT2D eigenvalue weighted by Gasteiger charge is 2.47. The van der Waals surface area contributed by atoms with Gasteiger partial charge in [0.2, 0.25) is 5.95 Å². The van der Waals surface area contributed by atoms with Gasteiger partial charge in [-0.05, 0) is 34.9 Å². The zero-order chi connectivity index (χ0) is 32.5. The fourth-order valence-corrected chi connectivity index (χ4v) is 5.87. The first-order valence-electron chi connectivity index (χ1n) is 16.0. The summed E-state index contributed by atoms with van der Waals surface area (Å²) in [7, 11) is 0. The van der Waals surface area contributed by atoms with E-state index in [2.05, 4.69) is 15.3 Å². The van der Waals surface area contributed by atoms with E-state index in [9.17, 15) is 4.79 Å². The van der Waals surface area contributed by atoms with Crippen LogP contribution in [0.15, 0.2) is 140 Å². The predicted molar refractivity (Wildman–Crippen MR) is 181 cm³/mol. The van der Waals surface area contributed by atoms with Gasteiger partial charge in [-0.15, -0.1) is 0 Å². The van der Waals surface area contributed by atoms with Crippen molar-refractivity contribution >= 4 is 17.5 Å². The van der Waals surface area contributed by atoms with Crippen LogP contribution in [0.1, 0.15) is 38.7 Å². The van der Waals surface area contributed by atoms with Crippen molar-refractivity contribution in [2.75, 3.05) is 11.9 Å². The SMILES string of the molecule is O=C(Nc1ncnc2cc([C@@H]3O[C@H](COCc4ccccc4)[C@@H](OCc4ccccc4)[C@H]3OCc3ccccc3)cn12)c1ccccc1. The fraction of sp³-hybridized carbons (Fsp3) is 0.205. The van der Waals surface area contributed by atoms with E-state index in [4.69, 9.17) is 18.9 Å². The Morgan fingerprint density at radius 2 is 1.27 bits per heavy atom. The molecular weight excluding hydrogens is 604 g/mol. The van der Waals surface area contributed by atoms with Crippen LogP contribution < -0.4 is 5.32 Å². The zero-order valence-corrected chi connectivity index (χ0v) is 26.3. The summed E-state index contributed by atoms with van der Waals surface area (Å²) in [6.45, 7) is 1.52. The summed E-state index contributed by atoms with van der Waals surface area (Å²) >= 11 is 0. The fourth-order valence-electron chi connectivity index (χ4n) is 5.87. The molecule has 9 nitrogen and oxygen atoms in total. The number of benzene rings is 4. The van der Waals surface area contributed by atoms with Gasteiger partial charge >= 0.3 is 0 Å². The lowest BCUT2D eigenvalue weighted by Gasteiger charge is -2.25. The molecule has 0 aliphatic carbocycles. The van der Waals surface area contributed by atoms with Crippen molar-refractivity contribution in [2.24, 2.45) is 0 Å². The van der Waals surface area contributed by atoms with Gasteiger partial charge < -0.3 is 18.9 Å². The van der Waals surface area contributed by atoms with Crippen molar-refractivity contribution in [1.82, 2.24) is 14.4 Å². The monoisotopic (exact) mass is 640 g/mol. The number of ether oxygens (including phenoxy) is 4. The first kappa shape index (κ1) is 31.4. The molecule has 3 heterocycles. The average molecular weight is 641 g/mol. The second kappa shape index (κ2) is 15.1. The number of carbonyl (C=O) groups excluding carboxylic acids is 1. The van der Waals surface area contributed by atoms with Gasteiger partial charge in [0, 0.05) is 17.3 Å². The third-order valence-electron chi connectivity index (χ3n) is 8.28. The molecule has 0 saturated carbocycles. The molecule has 0 bridgehead atoms. The van der Waals surface area contributed by atoms with Crippen LogP contribution in [0.4, 0.5) is 5.95 Å². The van der Waals surface area contributed by atoms with E-state index in [0.29, 0.717) is 43.6 Å². The Morgan fingerprint density at radius 1 is 0.708 bits per heavy atom. The van der Waals surface area contributed by atoms with Gasteiger partial charge in [0.15, 0.2) is 0 Å². The second-order valence-electron chi connectivity index (χ2n) is 11.6. The summed E-state index contributed by atoms with van der Waals surface area (Å²) in [5.74, 6) is 0.0801. The minimum Gasteiger partial charge on any atom is -0.374 e. The quantitative estimate of drug-likeness (QED) is 0.148.